The van der Waals surface area contributed by atoms with Crippen LogP contribution in [0.25, 0.3) is 0 Å². The second kappa shape index (κ2) is 7.77. The fraction of sp³-hybridized carbons (Fsp3) is 0.389. The van der Waals surface area contributed by atoms with Crippen molar-refractivity contribution in [3.8, 4) is 5.75 Å². The van der Waals surface area contributed by atoms with Crippen molar-refractivity contribution >= 4 is 11.7 Å². The van der Waals surface area contributed by atoms with Gasteiger partial charge in [0.1, 0.15) is 17.4 Å². The van der Waals surface area contributed by atoms with Crippen molar-refractivity contribution in [3.05, 3.63) is 47.9 Å². The monoisotopic (exact) mass is 326 g/mol. The Labute approximate surface area is 141 Å². The predicted molar refractivity (Wildman–Crippen MR) is 92.3 cm³/mol. The fourth-order valence-electron chi connectivity index (χ4n) is 2.78. The number of piperidine rings is 1. The van der Waals surface area contributed by atoms with E-state index in [0.717, 1.165) is 24.7 Å². The van der Waals surface area contributed by atoms with Crippen molar-refractivity contribution in [2.45, 2.75) is 25.8 Å². The minimum Gasteiger partial charge on any atom is -0.497 e. The van der Waals surface area contributed by atoms with Crippen LogP contribution in [0.15, 0.2) is 36.5 Å². The topological polar surface area (TPSA) is 67.3 Å². The first-order valence-electron chi connectivity index (χ1n) is 8.25. The number of methoxy groups -OCH3 is 1. The molecular weight excluding hydrogens is 304 g/mol. The van der Waals surface area contributed by atoms with Gasteiger partial charge in [0.25, 0.3) is 5.91 Å². The van der Waals surface area contributed by atoms with E-state index >= 15 is 0 Å². The van der Waals surface area contributed by atoms with Gasteiger partial charge in [0.05, 0.1) is 13.7 Å². The van der Waals surface area contributed by atoms with Gasteiger partial charge in [-0.15, -0.1) is 0 Å². The van der Waals surface area contributed by atoms with Crippen LogP contribution in [0.2, 0.25) is 0 Å². The van der Waals surface area contributed by atoms with E-state index in [0.29, 0.717) is 17.9 Å². The van der Waals surface area contributed by atoms with Crippen LogP contribution in [0.4, 0.5) is 5.82 Å². The maximum absolute atomic E-state index is 12.2. The molecule has 0 saturated carbocycles. The second-order valence-electron chi connectivity index (χ2n) is 5.79. The third-order valence-electron chi connectivity index (χ3n) is 4.13. The number of benzene rings is 1. The number of hydrogen-bond acceptors (Lipinski definition) is 5. The summed E-state index contributed by atoms with van der Waals surface area (Å²) >= 11 is 0. The van der Waals surface area contributed by atoms with Gasteiger partial charge < -0.3 is 15.0 Å². The van der Waals surface area contributed by atoms with Crippen LogP contribution in [0.3, 0.4) is 0 Å². The van der Waals surface area contributed by atoms with E-state index < -0.39 is 0 Å². The first-order chi connectivity index (χ1) is 11.8. The van der Waals surface area contributed by atoms with Crippen molar-refractivity contribution in [2.75, 3.05) is 25.1 Å². The van der Waals surface area contributed by atoms with Gasteiger partial charge in [-0.2, -0.15) is 0 Å². The van der Waals surface area contributed by atoms with Gasteiger partial charge in [-0.3, -0.25) is 4.79 Å². The minimum absolute atomic E-state index is 0.148. The van der Waals surface area contributed by atoms with Crippen molar-refractivity contribution < 1.29 is 9.53 Å². The molecule has 1 aromatic carbocycles. The van der Waals surface area contributed by atoms with Crippen molar-refractivity contribution in [1.29, 1.82) is 0 Å². The molecule has 1 aliphatic rings. The number of ether oxygens (including phenoxy) is 1. The number of carbonyl (C=O) groups is 1. The lowest BCUT2D eigenvalue weighted by Gasteiger charge is -2.27. The number of aromatic nitrogens is 2. The molecule has 1 fully saturated rings. The molecule has 1 aliphatic heterocycles. The summed E-state index contributed by atoms with van der Waals surface area (Å²) in [7, 11) is 1.60. The summed E-state index contributed by atoms with van der Waals surface area (Å²) in [5, 5.41) is 2.86. The Morgan fingerprint density at radius 3 is 2.62 bits per heavy atom. The quantitative estimate of drug-likeness (QED) is 0.914. The predicted octanol–water partition coefficient (Wildman–Crippen LogP) is 2.41. The third-order valence-corrected chi connectivity index (χ3v) is 4.13. The van der Waals surface area contributed by atoms with Gasteiger partial charge in [0, 0.05) is 24.8 Å². The molecule has 6 nitrogen and oxygen atoms in total. The summed E-state index contributed by atoms with van der Waals surface area (Å²) in [4.78, 5) is 23.3. The summed E-state index contributed by atoms with van der Waals surface area (Å²) in [5.41, 5.74) is 0.586. The lowest BCUT2D eigenvalue weighted by molar-refractivity contribution is 0.0950. The minimum atomic E-state index is -0.148. The van der Waals surface area contributed by atoms with E-state index in [9.17, 15) is 4.79 Å². The molecule has 6 heteroatoms. The number of anilines is 1. The maximum Gasteiger partial charge on any atom is 0.251 e. The molecule has 126 valence electrons. The molecular formula is C18H22N4O2. The molecule has 0 unspecified atom stereocenters. The van der Waals surface area contributed by atoms with Crippen LogP contribution in [0, 0.1) is 0 Å². The Balaban J connectivity index is 1.60. The maximum atomic E-state index is 12.2. The van der Waals surface area contributed by atoms with Gasteiger partial charge in [-0.05, 0) is 49.6 Å². The van der Waals surface area contributed by atoms with Gasteiger partial charge in [0.15, 0.2) is 0 Å². The highest BCUT2D eigenvalue weighted by molar-refractivity contribution is 5.94. The Morgan fingerprint density at radius 1 is 1.17 bits per heavy atom. The summed E-state index contributed by atoms with van der Waals surface area (Å²) in [6.45, 7) is 2.38. The lowest BCUT2D eigenvalue weighted by Crippen LogP contribution is -2.31. The summed E-state index contributed by atoms with van der Waals surface area (Å²) < 4.78 is 5.09. The molecule has 1 amide bonds. The normalized spacial score (nSPS) is 14.3. The number of carbonyl (C=O) groups excluding carboxylic acids is 1. The molecule has 0 radical (unpaired) electrons. The zero-order valence-corrected chi connectivity index (χ0v) is 13.9. The number of hydrogen-bond donors (Lipinski definition) is 1. The summed E-state index contributed by atoms with van der Waals surface area (Å²) in [5.74, 6) is 2.15. The van der Waals surface area contributed by atoms with Crippen LogP contribution in [0.5, 0.6) is 5.75 Å². The van der Waals surface area contributed by atoms with Crippen LogP contribution in [-0.2, 0) is 6.54 Å². The fourth-order valence-corrected chi connectivity index (χ4v) is 2.78. The molecule has 0 atom stereocenters. The van der Waals surface area contributed by atoms with Crippen LogP contribution in [0.1, 0.15) is 35.4 Å². The highest BCUT2D eigenvalue weighted by Crippen LogP contribution is 2.17. The van der Waals surface area contributed by atoms with Crippen LogP contribution < -0.4 is 15.0 Å². The Bertz CT molecular complexity index is 682. The lowest BCUT2D eigenvalue weighted by atomic mass is 10.1. The molecule has 1 N–H and O–H groups in total. The Hall–Kier alpha value is -2.63. The van der Waals surface area contributed by atoms with Crippen LogP contribution in [-0.4, -0.2) is 36.1 Å². The first kappa shape index (κ1) is 16.2. The zero-order chi connectivity index (χ0) is 16.8. The molecule has 2 aromatic rings. The SMILES string of the molecule is COc1ccc(C(=O)NCc2nccc(N3CCCCC3)n2)cc1. The van der Waals surface area contributed by atoms with Crippen LogP contribution >= 0.6 is 0 Å². The molecule has 1 saturated heterocycles. The number of amides is 1. The number of nitrogens with zero attached hydrogens (tertiary/aromatic N) is 3. The van der Waals surface area contributed by atoms with Crippen molar-refractivity contribution in [3.63, 3.8) is 0 Å². The molecule has 0 spiro atoms. The van der Waals surface area contributed by atoms with E-state index in [-0.39, 0.29) is 5.91 Å². The summed E-state index contributed by atoms with van der Waals surface area (Å²) in [6.07, 6.45) is 5.44. The second-order valence-corrected chi connectivity index (χ2v) is 5.79. The van der Waals surface area contributed by atoms with E-state index in [1.807, 2.05) is 6.07 Å². The smallest absolute Gasteiger partial charge is 0.251 e. The molecule has 24 heavy (non-hydrogen) atoms. The van der Waals surface area contributed by atoms with E-state index in [1.165, 1.54) is 19.3 Å². The van der Waals surface area contributed by atoms with E-state index in [2.05, 4.69) is 20.2 Å². The van der Waals surface area contributed by atoms with Gasteiger partial charge >= 0.3 is 0 Å². The number of nitrogens with one attached hydrogen (secondary N) is 1. The standard InChI is InChI=1S/C18H22N4O2/c1-24-15-7-5-14(6-8-15)18(23)20-13-16-19-10-9-17(21-16)22-11-3-2-4-12-22/h5-10H,2-4,11-13H2,1H3,(H,20,23). The highest BCUT2D eigenvalue weighted by Gasteiger charge is 2.13. The number of rotatable bonds is 5. The van der Waals surface area contributed by atoms with E-state index in [4.69, 9.17) is 4.74 Å². The molecule has 3 rings (SSSR count). The Morgan fingerprint density at radius 2 is 1.92 bits per heavy atom. The van der Waals surface area contributed by atoms with Gasteiger partial charge in [0.2, 0.25) is 0 Å². The Kier molecular flexibility index (Phi) is 5.25. The summed E-state index contributed by atoms with van der Waals surface area (Å²) in [6, 6.07) is 8.93. The largest absolute Gasteiger partial charge is 0.497 e. The molecule has 0 aliphatic carbocycles. The van der Waals surface area contributed by atoms with Crippen molar-refractivity contribution in [2.24, 2.45) is 0 Å². The zero-order valence-electron chi connectivity index (χ0n) is 13.9. The molecule has 1 aromatic heterocycles. The molecule has 2 heterocycles. The third kappa shape index (κ3) is 4.01. The highest BCUT2D eigenvalue weighted by atomic mass is 16.5. The average Bonchev–Trinajstić information content (AvgIpc) is 2.67. The molecule has 0 bridgehead atoms. The first-order valence-corrected chi connectivity index (χ1v) is 8.25. The van der Waals surface area contributed by atoms with Gasteiger partial charge in [-0.1, -0.05) is 0 Å². The van der Waals surface area contributed by atoms with Crippen molar-refractivity contribution in [1.82, 2.24) is 15.3 Å². The van der Waals surface area contributed by atoms with E-state index in [1.54, 1.807) is 37.6 Å². The van der Waals surface area contributed by atoms with Gasteiger partial charge in [-0.25, -0.2) is 9.97 Å². The average molecular weight is 326 g/mol.